The van der Waals surface area contributed by atoms with Gasteiger partial charge in [0.1, 0.15) is 10.8 Å². The minimum atomic E-state index is 0.542. The Morgan fingerprint density at radius 2 is 2.25 bits per heavy atom. The average Bonchev–Trinajstić information content (AvgIpc) is 2.31. The van der Waals surface area contributed by atoms with Crippen LogP contribution in [-0.2, 0) is 7.05 Å². The van der Waals surface area contributed by atoms with E-state index in [0.717, 1.165) is 14.7 Å². The fourth-order valence-corrected chi connectivity index (χ4v) is 1.85. The lowest BCUT2D eigenvalue weighted by Gasteiger charge is -1.96. The Hall–Kier alpha value is -0.290. The zero-order valence-electron chi connectivity index (χ0n) is 6.38. The third-order valence-electron chi connectivity index (χ3n) is 1.78. The van der Waals surface area contributed by atoms with Gasteiger partial charge in [-0.2, -0.15) is 0 Å². The first-order valence-electron chi connectivity index (χ1n) is 3.46. The maximum absolute atomic E-state index is 5.77. The van der Waals surface area contributed by atoms with Gasteiger partial charge < -0.3 is 4.57 Å². The molecule has 0 saturated carbocycles. The zero-order valence-corrected chi connectivity index (χ0v) is 9.30. The van der Waals surface area contributed by atoms with Crippen LogP contribution in [0.5, 0.6) is 0 Å². The van der Waals surface area contributed by atoms with E-state index in [2.05, 4.69) is 33.6 Å². The Bertz CT molecular complexity index is 436. The zero-order chi connectivity index (χ0) is 8.72. The highest BCUT2D eigenvalue weighted by molar-refractivity contribution is 14.1. The topological polar surface area (TPSA) is 17.8 Å². The maximum Gasteiger partial charge on any atom is 0.142 e. The van der Waals surface area contributed by atoms with Gasteiger partial charge in [-0.25, -0.2) is 4.98 Å². The van der Waals surface area contributed by atoms with Gasteiger partial charge in [-0.1, -0.05) is 11.6 Å². The molecule has 0 amide bonds. The summed E-state index contributed by atoms with van der Waals surface area (Å²) in [6.45, 7) is 0. The minimum absolute atomic E-state index is 0.542. The highest BCUT2D eigenvalue weighted by Gasteiger charge is 2.03. The molecule has 0 bridgehead atoms. The molecule has 0 unspecified atom stereocenters. The highest BCUT2D eigenvalue weighted by atomic mass is 127. The molecular formula is C8H6ClIN2. The molecule has 12 heavy (non-hydrogen) atoms. The molecule has 0 N–H and O–H groups in total. The fourth-order valence-electron chi connectivity index (χ4n) is 1.14. The summed E-state index contributed by atoms with van der Waals surface area (Å²) in [4.78, 5) is 4.22. The van der Waals surface area contributed by atoms with Gasteiger partial charge in [0.25, 0.3) is 0 Å². The van der Waals surface area contributed by atoms with Gasteiger partial charge >= 0.3 is 0 Å². The van der Waals surface area contributed by atoms with Gasteiger partial charge in [0, 0.05) is 12.4 Å². The summed E-state index contributed by atoms with van der Waals surface area (Å²) < 4.78 is 3.18. The molecule has 2 aromatic rings. The van der Waals surface area contributed by atoms with E-state index in [-0.39, 0.29) is 0 Å². The monoisotopic (exact) mass is 292 g/mol. The van der Waals surface area contributed by atoms with Gasteiger partial charge in [0.05, 0.1) is 3.70 Å². The van der Waals surface area contributed by atoms with Gasteiger partial charge in [0.2, 0.25) is 0 Å². The first kappa shape index (κ1) is 8.31. The normalized spacial score (nSPS) is 10.9. The molecule has 0 aliphatic heterocycles. The second-order valence-electron chi connectivity index (χ2n) is 2.57. The number of fused-ring (bicyclic) bond motifs is 1. The summed E-state index contributed by atoms with van der Waals surface area (Å²) in [6.07, 6.45) is 0. The molecule has 0 aromatic carbocycles. The van der Waals surface area contributed by atoms with Crippen LogP contribution in [0, 0.1) is 3.70 Å². The molecule has 0 spiro atoms. The number of halogens is 2. The van der Waals surface area contributed by atoms with E-state index >= 15 is 0 Å². The summed E-state index contributed by atoms with van der Waals surface area (Å²) in [5.74, 6) is 0. The summed E-state index contributed by atoms with van der Waals surface area (Å²) >= 11 is 8.04. The van der Waals surface area contributed by atoms with Gasteiger partial charge in [-0.05, 0) is 40.8 Å². The van der Waals surface area contributed by atoms with Crippen LogP contribution in [0.15, 0.2) is 18.2 Å². The predicted molar refractivity (Wildman–Crippen MR) is 58.4 cm³/mol. The summed E-state index contributed by atoms with van der Waals surface area (Å²) in [6, 6.07) is 5.87. The Morgan fingerprint density at radius 1 is 1.50 bits per heavy atom. The lowest BCUT2D eigenvalue weighted by Crippen LogP contribution is -1.91. The second-order valence-corrected chi connectivity index (χ2v) is 4.07. The highest BCUT2D eigenvalue weighted by Crippen LogP contribution is 2.19. The SMILES string of the molecule is Cn1c(I)cc2ccc(Cl)nc21. The summed E-state index contributed by atoms with van der Waals surface area (Å²) in [5, 5.41) is 1.67. The molecule has 4 heteroatoms. The Kier molecular flexibility index (Phi) is 2.00. The van der Waals surface area contributed by atoms with E-state index in [1.807, 2.05) is 17.7 Å². The van der Waals surface area contributed by atoms with Crippen molar-refractivity contribution >= 4 is 45.2 Å². The van der Waals surface area contributed by atoms with Crippen molar-refractivity contribution < 1.29 is 0 Å². The van der Waals surface area contributed by atoms with Crippen LogP contribution in [-0.4, -0.2) is 9.55 Å². The van der Waals surface area contributed by atoms with Crippen molar-refractivity contribution in [2.24, 2.45) is 7.05 Å². The molecule has 62 valence electrons. The molecule has 2 heterocycles. The van der Waals surface area contributed by atoms with Crippen LogP contribution >= 0.6 is 34.2 Å². The number of rotatable bonds is 0. The molecule has 0 saturated heterocycles. The number of hydrogen-bond acceptors (Lipinski definition) is 1. The van der Waals surface area contributed by atoms with Crippen molar-refractivity contribution in [2.45, 2.75) is 0 Å². The van der Waals surface area contributed by atoms with Crippen LogP contribution in [0.4, 0.5) is 0 Å². The Balaban J connectivity index is 2.88. The standard InChI is InChI=1S/C8H6ClIN2/c1-12-7(10)4-5-2-3-6(9)11-8(5)12/h2-4H,1H3. The molecule has 2 nitrogen and oxygen atoms in total. The van der Waals surface area contributed by atoms with Crippen LogP contribution in [0.1, 0.15) is 0 Å². The van der Waals surface area contributed by atoms with Crippen LogP contribution in [0.25, 0.3) is 11.0 Å². The van der Waals surface area contributed by atoms with Crippen molar-refractivity contribution in [1.29, 1.82) is 0 Å². The van der Waals surface area contributed by atoms with Gasteiger partial charge in [-0.3, -0.25) is 0 Å². The number of nitrogens with zero attached hydrogens (tertiary/aromatic N) is 2. The number of aromatic nitrogens is 2. The smallest absolute Gasteiger partial charge is 0.142 e. The number of pyridine rings is 1. The lowest BCUT2D eigenvalue weighted by atomic mass is 10.3. The van der Waals surface area contributed by atoms with E-state index < -0.39 is 0 Å². The van der Waals surface area contributed by atoms with E-state index in [9.17, 15) is 0 Å². The molecule has 0 fully saturated rings. The van der Waals surface area contributed by atoms with Crippen molar-refractivity contribution in [1.82, 2.24) is 9.55 Å². The number of aryl methyl sites for hydroxylation is 1. The van der Waals surface area contributed by atoms with Crippen LogP contribution < -0.4 is 0 Å². The third kappa shape index (κ3) is 1.21. The Morgan fingerprint density at radius 3 is 3.00 bits per heavy atom. The largest absolute Gasteiger partial charge is 0.324 e. The van der Waals surface area contributed by atoms with E-state index in [1.165, 1.54) is 0 Å². The quantitative estimate of drug-likeness (QED) is 0.539. The summed E-state index contributed by atoms with van der Waals surface area (Å²) in [7, 11) is 1.98. The van der Waals surface area contributed by atoms with Crippen LogP contribution in [0.2, 0.25) is 5.15 Å². The van der Waals surface area contributed by atoms with Crippen molar-refractivity contribution in [2.75, 3.05) is 0 Å². The van der Waals surface area contributed by atoms with Crippen molar-refractivity contribution in [3.8, 4) is 0 Å². The minimum Gasteiger partial charge on any atom is -0.324 e. The van der Waals surface area contributed by atoms with E-state index in [0.29, 0.717) is 5.15 Å². The molecular weight excluding hydrogens is 286 g/mol. The molecule has 0 radical (unpaired) electrons. The van der Waals surface area contributed by atoms with E-state index in [1.54, 1.807) is 6.07 Å². The first-order valence-corrected chi connectivity index (χ1v) is 4.91. The Labute approximate surface area is 88.7 Å². The van der Waals surface area contributed by atoms with Gasteiger partial charge in [-0.15, -0.1) is 0 Å². The summed E-state index contributed by atoms with van der Waals surface area (Å²) in [5.41, 5.74) is 0.937. The maximum atomic E-state index is 5.77. The molecule has 2 rings (SSSR count). The fraction of sp³-hybridized carbons (Fsp3) is 0.125. The van der Waals surface area contributed by atoms with E-state index in [4.69, 9.17) is 11.6 Å². The van der Waals surface area contributed by atoms with Gasteiger partial charge in [0.15, 0.2) is 0 Å². The molecule has 0 aliphatic rings. The van der Waals surface area contributed by atoms with Crippen molar-refractivity contribution in [3.05, 3.63) is 27.1 Å². The first-order chi connectivity index (χ1) is 5.68. The average molecular weight is 293 g/mol. The second kappa shape index (κ2) is 2.88. The van der Waals surface area contributed by atoms with Crippen molar-refractivity contribution in [3.63, 3.8) is 0 Å². The lowest BCUT2D eigenvalue weighted by molar-refractivity contribution is 0.920. The van der Waals surface area contributed by atoms with Crippen LogP contribution in [0.3, 0.4) is 0 Å². The molecule has 0 aliphatic carbocycles. The third-order valence-corrected chi connectivity index (χ3v) is 3.03. The molecule has 0 atom stereocenters. The molecule has 2 aromatic heterocycles. The number of hydrogen-bond donors (Lipinski definition) is 0. The predicted octanol–water partition coefficient (Wildman–Crippen LogP) is 2.83.